The first-order valence-corrected chi connectivity index (χ1v) is 4.55. The summed E-state index contributed by atoms with van der Waals surface area (Å²) >= 11 is 0. The highest BCUT2D eigenvalue weighted by Gasteiger charge is 2.05. The van der Waals surface area contributed by atoms with Gasteiger partial charge in [-0.15, -0.1) is 0 Å². The summed E-state index contributed by atoms with van der Waals surface area (Å²) < 4.78 is 12.5. The SMILES string of the molecule is C[C@H](CO)NC(=O)Nc1ccc(F)cc1. The van der Waals surface area contributed by atoms with Gasteiger partial charge >= 0.3 is 6.03 Å². The van der Waals surface area contributed by atoms with Crippen LogP contribution in [0.15, 0.2) is 24.3 Å². The number of hydrogen-bond donors (Lipinski definition) is 3. The Morgan fingerprint density at radius 2 is 2.07 bits per heavy atom. The Morgan fingerprint density at radius 3 is 2.60 bits per heavy atom. The molecule has 5 heteroatoms. The maximum Gasteiger partial charge on any atom is 0.319 e. The Kier molecular flexibility index (Phi) is 4.05. The zero-order valence-electron chi connectivity index (χ0n) is 8.33. The lowest BCUT2D eigenvalue weighted by Gasteiger charge is -2.11. The lowest BCUT2D eigenvalue weighted by atomic mass is 10.3. The molecule has 0 bridgehead atoms. The van der Waals surface area contributed by atoms with Gasteiger partial charge in [0.1, 0.15) is 5.82 Å². The minimum Gasteiger partial charge on any atom is -0.394 e. The molecule has 0 unspecified atom stereocenters. The number of carbonyl (C=O) groups excluding carboxylic acids is 1. The highest BCUT2D eigenvalue weighted by molar-refractivity contribution is 5.89. The van der Waals surface area contributed by atoms with E-state index < -0.39 is 6.03 Å². The number of hydrogen-bond acceptors (Lipinski definition) is 2. The van der Waals surface area contributed by atoms with Crippen molar-refractivity contribution in [3.05, 3.63) is 30.1 Å². The van der Waals surface area contributed by atoms with Crippen molar-refractivity contribution in [3.8, 4) is 0 Å². The van der Waals surface area contributed by atoms with Crippen molar-refractivity contribution in [1.82, 2.24) is 5.32 Å². The number of aliphatic hydroxyl groups is 1. The summed E-state index contributed by atoms with van der Waals surface area (Å²) in [5, 5.41) is 13.7. The Balaban J connectivity index is 2.48. The lowest BCUT2D eigenvalue weighted by molar-refractivity contribution is 0.229. The van der Waals surface area contributed by atoms with Crippen molar-refractivity contribution < 1.29 is 14.3 Å². The van der Waals surface area contributed by atoms with E-state index in [4.69, 9.17) is 5.11 Å². The Hall–Kier alpha value is -1.62. The van der Waals surface area contributed by atoms with Crippen LogP contribution in [0, 0.1) is 5.82 Å². The van der Waals surface area contributed by atoms with Crippen LogP contribution in [0.2, 0.25) is 0 Å². The molecule has 0 radical (unpaired) electrons. The van der Waals surface area contributed by atoms with E-state index in [1.165, 1.54) is 24.3 Å². The molecule has 1 rings (SSSR count). The van der Waals surface area contributed by atoms with Crippen LogP contribution in [0.1, 0.15) is 6.92 Å². The number of aliphatic hydroxyl groups excluding tert-OH is 1. The van der Waals surface area contributed by atoms with Gasteiger partial charge in [0, 0.05) is 5.69 Å². The van der Waals surface area contributed by atoms with E-state index in [1.807, 2.05) is 0 Å². The minimum absolute atomic E-state index is 0.128. The quantitative estimate of drug-likeness (QED) is 0.707. The predicted molar refractivity (Wildman–Crippen MR) is 55.1 cm³/mol. The third kappa shape index (κ3) is 3.95. The molecule has 0 fully saturated rings. The van der Waals surface area contributed by atoms with Crippen molar-refractivity contribution in [1.29, 1.82) is 0 Å². The van der Waals surface area contributed by atoms with Gasteiger partial charge in [0.25, 0.3) is 0 Å². The third-order valence-corrected chi connectivity index (χ3v) is 1.75. The average Bonchev–Trinajstić information content (AvgIpc) is 2.21. The molecular weight excluding hydrogens is 199 g/mol. The molecule has 0 heterocycles. The van der Waals surface area contributed by atoms with E-state index in [0.717, 1.165) is 0 Å². The van der Waals surface area contributed by atoms with Crippen LogP contribution in [-0.2, 0) is 0 Å². The number of anilines is 1. The number of rotatable bonds is 3. The molecule has 0 spiro atoms. The van der Waals surface area contributed by atoms with Crippen molar-refractivity contribution >= 4 is 11.7 Å². The first-order valence-electron chi connectivity index (χ1n) is 4.55. The largest absolute Gasteiger partial charge is 0.394 e. The molecule has 1 atom stereocenters. The smallest absolute Gasteiger partial charge is 0.319 e. The second-order valence-corrected chi connectivity index (χ2v) is 3.19. The first-order chi connectivity index (χ1) is 7.11. The monoisotopic (exact) mass is 212 g/mol. The summed E-state index contributed by atoms with van der Waals surface area (Å²) in [5.41, 5.74) is 0.499. The fourth-order valence-corrected chi connectivity index (χ4v) is 0.970. The highest BCUT2D eigenvalue weighted by atomic mass is 19.1. The molecular formula is C10H13FN2O2. The molecule has 4 nitrogen and oxygen atoms in total. The number of amides is 2. The van der Waals surface area contributed by atoms with Crippen molar-refractivity contribution in [3.63, 3.8) is 0 Å². The highest BCUT2D eigenvalue weighted by Crippen LogP contribution is 2.07. The Bertz CT molecular complexity index is 327. The van der Waals surface area contributed by atoms with Gasteiger partial charge in [-0.2, -0.15) is 0 Å². The molecule has 0 saturated carbocycles. The van der Waals surface area contributed by atoms with Crippen LogP contribution >= 0.6 is 0 Å². The van der Waals surface area contributed by atoms with Crippen molar-refractivity contribution in [2.24, 2.45) is 0 Å². The van der Waals surface area contributed by atoms with Crippen LogP contribution in [-0.4, -0.2) is 23.8 Å². The zero-order chi connectivity index (χ0) is 11.3. The van der Waals surface area contributed by atoms with Crippen LogP contribution in [0.5, 0.6) is 0 Å². The van der Waals surface area contributed by atoms with E-state index in [9.17, 15) is 9.18 Å². The number of urea groups is 1. The second kappa shape index (κ2) is 5.31. The van der Waals surface area contributed by atoms with Gasteiger partial charge in [-0.3, -0.25) is 0 Å². The molecule has 1 aromatic carbocycles. The Labute approximate surface area is 87.1 Å². The van der Waals surface area contributed by atoms with Gasteiger partial charge in [-0.25, -0.2) is 9.18 Å². The van der Waals surface area contributed by atoms with Crippen LogP contribution in [0.3, 0.4) is 0 Å². The van der Waals surface area contributed by atoms with Crippen LogP contribution in [0.25, 0.3) is 0 Å². The fourth-order valence-electron chi connectivity index (χ4n) is 0.970. The lowest BCUT2D eigenvalue weighted by Crippen LogP contribution is -2.38. The molecule has 3 N–H and O–H groups in total. The maximum atomic E-state index is 12.5. The van der Waals surface area contributed by atoms with Gasteiger partial charge < -0.3 is 15.7 Å². The second-order valence-electron chi connectivity index (χ2n) is 3.19. The van der Waals surface area contributed by atoms with Gasteiger partial charge in [-0.1, -0.05) is 0 Å². The van der Waals surface area contributed by atoms with Gasteiger partial charge in [0.15, 0.2) is 0 Å². The summed E-state index contributed by atoms with van der Waals surface area (Å²) in [5.74, 6) is -0.357. The summed E-state index contributed by atoms with van der Waals surface area (Å²) in [7, 11) is 0. The topological polar surface area (TPSA) is 61.4 Å². The Morgan fingerprint density at radius 1 is 1.47 bits per heavy atom. The zero-order valence-corrected chi connectivity index (χ0v) is 8.33. The molecule has 82 valence electrons. The van der Waals surface area contributed by atoms with Gasteiger partial charge in [0.2, 0.25) is 0 Å². The standard InChI is InChI=1S/C10H13FN2O2/c1-7(6-14)12-10(15)13-9-4-2-8(11)3-5-9/h2-5,7,14H,6H2,1H3,(H2,12,13,15)/t7-/m1/s1. The fraction of sp³-hybridized carbons (Fsp3) is 0.300. The maximum absolute atomic E-state index is 12.5. The molecule has 0 aromatic heterocycles. The van der Waals surface area contributed by atoms with Crippen molar-refractivity contribution in [2.75, 3.05) is 11.9 Å². The molecule has 0 aliphatic rings. The number of carbonyl (C=O) groups is 1. The molecule has 15 heavy (non-hydrogen) atoms. The molecule has 2 amide bonds. The number of benzene rings is 1. The third-order valence-electron chi connectivity index (χ3n) is 1.75. The van der Waals surface area contributed by atoms with E-state index in [0.29, 0.717) is 5.69 Å². The first kappa shape index (κ1) is 11.5. The normalized spacial score (nSPS) is 11.9. The van der Waals surface area contributed by atoms with Crippen LogP contribution in [0.4, 0.5) is 14.9 Å². The summed E-state index contributed by atoms with van der Waals surface area (Å²) in [4.78, 5) is 11.2. The molecule has 1 aromatic rings. The van der Waals surface area contributed by atoms with E-state index in [2.05, 4.69) is 10.6 Å². The molecule has 0 aliphatic carbocycles. The summed E-state index contributed by atoms with van der Waals surface area (Å²) in [6.45, 7) is 1.54. The molecule has 0 aliphatic heterocycles. The molecule has 0 saturated heterocycles. The summed E-state index contributed by atoms with van der Waals surface area (Å²) in [6.07, 6.45) is 0. The predicted octanol–water partition coefficient (Wildman–Crippen LogP) is 1.33. The van der Waals surface area contributed by atoms with E-state index in [-0.39, 0.29) is 18.5 Å². The average molecular weight is 212 g/mol. The summed E-state index contributed by atoms with van der Waals surface area (Å²) in [6, 6.07) is 4.68. The van der Waals surface area contributed by atoms with Gasteiger partial charge in [-0.05, 0) is 31.2 Å². The van der Waals surface area contributed by atoms with Crippen molar-refractivity contribution in [2.45, 2.75) is 13.0 Å². The number of halogens is 1. The van der Waals surface area contributed by atoms with E-state index >= 15 is 0 Å². The van der Waals surface area contributed by atoms with Crippen LogP contribution < -0.4 is 10.6 Å². The number of nitrogens with one attached hydrogen (secondary N) is 2. The van der Waals surface area contributed by atoms with Gasteiger partial charge in [0.05, 0.1) is 12.6 Å². The van der Waals surface area contributed by atoms with E-state index in [1.54, 1.807) is 6.92 Å². The minimum atomic E-state index is -0.428.